The van der Waals surface area contributed by atoms with Crippen LogP contribution in [0.3, 0.4) is 0 Å². The van der Waals surface area contributed by atoms with Gasteiger partial charge in [0.05, 0.1) is 5.69 Å². The fraction of sp³-hybridized carbons (Fsp3) is 0.154. The lowest BCUT2D eigenvalue weighted by atomic mass is 10.2. The Hall–Kier alpha value is -2.82. The largest absolute Gasteiger partial charge is 0.490 e. The molecule has 0 radical (unpaired) electrons. The molecule has 0 aliphatic rings. The molecular formula is C13H11F3N2O5S. The summed E-state index contributed by atoms with van der Waals surface area (Å²) in [5, 5.41) is 18.0. The molecule has 0 saturated carbocycles. The van der Waals surface area contributed by atoms with Gasteiger partial charge in [0, 0.05) is 10.9 Å². The van der Waals surface area contributed by atoms with Gasteiger partial charge in [-0.25, -0.2) is 14.6 Å². The van der Waals surface area contributed by atoms with Gasteiger partial charge < -0.3 is 20.7 Å². The van der Waals surface area contributed by atoms with Crippen LogP contribution in [0.2, 0.25) is 0 Å². The van der Waals surface area contributed by atoms with Gasteiger partial charge in [-0.05, 0) is 24.3 Å². The topological polar surface area (TPSA) is 123 Å². The van der Waals surface area contributed by atoms with E-state index in [1.807, 2.05) is 17.5 Å². The second-order valence-electron chi connectivity index (χ2n) is 4.08. The van der Waals surface area contributed by atoms with Crippen LogP contribution in [0, 0.1) is 0 Å². The van der Waals surface area contributed by atoms with Crippen LogP contribution in [-0.4, -0.2) is 39.9 Å². The minimum atomic E-state index is -5.08. The van der Waals surface area contributed by atoms with Crippen molar-refractivity contribution in [2.24, 2.45) is 0 Å². The molecule has 0 bridgehead atoms. The van der Waals surface area contributed by atoms with Gasteiger partial charge in [-0.2, -0.15) is 13.2 Å². The summed E-state index contributed by atoms with van der Waals surface area (Å²) in [5.74, 6) is -3.24. The summed E-state index contributed by atoms with van der Waals surface area (Å²) < 4.78 is 36.8. The number of thiazole rings is 1. The molecule has 7 nitrogen and oxygen atoms in total. The van der Waals surface area contributed by atoms with E-state index in [1.165, 1.54) is 11.3 Å². The van der Waals surface area contributed by atoms with Crippen molar-refractivity contribution in [2.75, 3.05) is 12.3 Å². The molecule has 11 heteroatoms. The lowest BCUT2D eigenvalue weighted by Crippen LogP contribution is -2.21. The molecule has 0 aliphatic carbocycles. The van der Waals surface area contributed by atoms with Gasteiger partial charge in [0.25, 0.3) is 0 Å². The van der Waals surface area contributed by atoms with E-state index >= 15 is 0 Å². The standard InChI is InChI=1S/C11H10N2O3S.C2HF3O2/c12-11-13-9(6-17-11)7-1-3-8(4-2-7)16-5-10(14)15;3-2(4,5)1(6)7/h1-4,6H,5H2,(H2,12,13)(H,14,15);(H,6,7). The van der Waals surface area contributed by atoms with Gasteiger partial charge in [-0.1, -0.05) is 0 Å². The number of carbonyl (C=O) groups is 2. The molecule has 1 heterocycles. The molecule has 0 fully saturated rings. The van der Waals surface area contributed by atoms with Crippen LogP contribution in [0.25, 0.3) is 11.3 Å². The first-order valence-corrected chi connectivity index (χ1v) is 6.93. The lowest BCUT2D eigenvalue weighted by molar-refractivity contribution is -0.192. The van der Waals surface area contributed by atoms with Crippen LogP contribution in [0.1, 0.15) is 0 Å². The first kappa shape index (κ1) is 19.2. The highest BCUT2D eigenvalue weighted by Crippen LogP contribution is 2.24. The van der Waals surface area contributed by atoms with Crippen LogP contribution >= 0.6 is 11.3 Å². The fourth-order valence-corrected chi connectivity index (χ4v) is 1.86. The Balaban J connectivity index is 0.000000351. The molecule has 2 aromatic rings. The summed E-state index contributed by atoms with van der Waals surface area (Å²) in [6, 6.07) is 7.03. The summed E-state index contributed by atoms with van der Waals surface area (Å²) >= 11 is 1.38. The molecule has 0 spiro atoms. The Bertz CT molecular complexity index is 700. The first-order chi connectivity index (χ1) is 11.1. The van der Waals surface area contributed by atoms with Crippen molar-refractivity contribution in [3.63, 3.8) is 0 Å². The van der Waals surface area contributed by atoms with Gasteiger partial charge in [-0.3, -0.25) is 0 Å². The van der Waals surface area contributed by atoms with E-state index in [4.69, 9.17) is 25.5 Å². The molecule has 2 rings (SSSR count). The molecule has 0 unspecified atom stereocenters. The van der Waals surface area contributed by atoms with Crippen LogP contribution in [0.15, 0.2) is 29.6 Å². The number of rotatable bonds is 4. The number of hydrogen-bond acceptors (Lipinski definition) is 6. The number of aliphatic carboxylic acids is 2. The fourth-order valence-electron chi connectivity index (χ4n) is 1.29. The highest BCUT2D eigenvalue weighted by molar-refractivity contribution is 7.13. The zero-order valence-electron chi connectivity index (χ0n) is 11.8. The molecule has 0 aliphatic heterocycles. The predicted octanol–water partition coefficient (Wildman–Crippen LogP) is 2.49. The molecule has 0 amide bonds. The Morgan fingerprint density at radius 1 is 1.21 bits per heavy atom. The molecule has 1 aromatic heterocycles. The maximum atomic E-state index is 10.6. The average molecular weight is 364 g/mol. The number of carboxylic acid groups (broad SMARTS) is 2. The summed E-state index contributed by atoms with van der Waals surface area (Å²) in [5.41, 5.74) is 7.26. The van der Waals surface area contributed by atoms with Crippen molar-refractivity contribution < 1.29 is 37.7 Å². The van der Waals surface area contributed by atoms with Gasteiger partial charge in [-0.15, -0.1) is 11.3 Å². The average Bonchev–Trinajstić information content (AvgIpc) is 2.92. The maximum Gasteiger partial charge on any atom is 0.490 e. The van der Waals surface area contributed by atoms with Crippen molar-refractivity contribution in [1.29, 1.82) is 0 Å². The number of hydrogen-bond donors (Lipinski definition) is 3. The van der Waals surface area contributed by atoms with Gasteiger partial charge in [0.15, 0.2) is 11.7 Å². The number of nitrogens with zero attached hydrogens (tertiary/aromatic N) is 1. The van der Waals surface area contributed by atoms with Crippen LogP contribution in [0.5, 0.6) is 5.75 Å². The molecule has 1 aromatic carbocycles. The van der Waals surface area contributed by atoms with E-state index in [1.54, 1.807) is 12.1 Å². The molecular weight excluding hydrogens is 353 g/mol. The third-order valence-electron chi connectivity index (χ3n) is 2.28. The smallest absolute Gasteiger partial charge is 0.482 e. The number of anilines is 1. The van der Waals surface area contributed by atoms with Crippen molar-refractivity contribution in [2.45, 2.75) is 6.18 Å². The van der Waals surface area contributed by atoms with E-state index in [9.17, 15) is 18.0 Å². The molecule has 0 atom stereocenters. The monoisotopic (exact) mass is 364 g/mol. The number of benzene rings is 1. The van der Waals surface area contributed by atoms with Crippen molar-refractivity contribution in [1.82, 2.24) is 4.98 Å². The molecule has 130 valence electrons. The van der Waals surface area contributed by atoms with Crippen LogP contribution in [0.4, 0.5) is 18.3 Å². The number of nitrogen functional groups attached to an aromatic ring is 1. The third-order valence-corrected chi connectivity index (χ3v) is 2.95. The minimum Gasteiger partial charge on any atom is -0.482 e. The number of nitrogens with two attached hydrogens (primary N) is 1. The van der Waals surface area contributed by atoms with Crippen molar-refractivity contribution in [3.05, 3.63) is 29.6 Å². The Kier molecular flexibility index (Phi) is 6.53. The maximum absolute atomic E-state index is 10.6. The highest BCUT2D eigenvalue weighted by atomic mass is 32.1. The molecule has 0 saturated heterocycles. The van der Waals surface area contributed by atoms with E-state index in [0.29, 0.717) is 10.9 Å². The third kappa shape index (κ3) is 6.52. The zero-order chi connectivity index (χ0) is 18.3. The predicted molar refractivity (Wildman–Crippen MR) is 78.8 cm³/mol. The normalized spacial score (nSPS) is 10.5. The van der Waals surface area contributed by atoms with E-state index < -0.39 is 18.1 Å². The highest BCUT2D eigenvalue weighted by Gasteiger charge is 2.38. The van der Waals surface area contributed by atoms with Gasteiger partial charge in [0.2, 0.25) is 0 Å². The second kappa shape index (κ2) is 8.15. The minimum absolute atomic E-state index is 0.344. The van der Waals surface area contributed by atoms with Crippen molar-refractivity contribution in [3.8, 4) is 17.0 Å². The summed E-state index contributed by atoms with van der Waals surface area (Å²) in [6.07, 6.45) is -5.08. The van der Waals surface area contributed by atoms with E-state index in [-0.39, 0.29) is 6.61 Å². The SMILES string of the molecule is Nc1nc(-c2ccc(OCC(=O)O)cc2)cs1.O=C(O)C(F)(F)F. The number of carboxylic acids is 2. The van der Waals surface area contributed by atoms with Gasteiger partial charge >= 0.3 is 18.1 Å². The van der Waals surface area contributed by atoms with Crippen molar-refractivity contribution >= 4 is 28.4 Å². The van der Waals surface area contributed by atoms with Crippen LogP contribution in [-0.2, 0) is 9.59 Å². The zero-order valence-corrected chi connectivity index (χ0v) is 12.6. The first-order valence-electron chi connectivity index (χ1n) is 6.05. The number of ether oxygens (including phenoxy) is 1. The summed E-state index contributed by atoms with van der Waals surface area (Å²) in [7, 11) is 0. The number of aromatic nitrogens is 1. The quantitative estimate of drug-likeness (QED) is 0.761. The number of halogens is 3. The molecule has 24 heavy (non-hydrogen) atoms. The summed E-state index contributed by atoms with van der Waals surface area (Å²) in [6.45, 7) is -0.344. The molecule has 4 N–H and O–H groups in total. The summed E-state index contributed by atoms with van der Waals surface area (Å²) in [4.78, 5) is 23.4. The van der Waals surface area contributed by atoms with Gasteiger partial charge in [0.1, 0.15) is 5.75 Å². The lowest BCUT2D eigenvalue weighted by Gasteiger charge is -2.03. The Morgan fingerprint density at radius 2 is 1.75 bits per heavy atom. The van der Waals surface area contributed by atoms with Crippen LogP contribution < -0.4 is 10.5 Å². The van der Waals surface area contributed by atoms with E-state index in [2.05, 4.69) is 4.98 Å². The Labute approximate surface area is 137 Å². The Morgan fingerprint density at radius 3 is 2.12 bits per heavy atom. The number of alkyl halides is 3. The second-order valence-corrected chi connectivity index (χ2v) is 4.97. The van der Waals surface area contributed by atoms with E-state index in [0.717, 1.165) is 11.3 Å².